The normalized spacial score (nSPS) is 12.1. The number of halogens is 4. The zero-order valence-electron chi connectivity index (χ0n) is 13.2. The average Bonchev–Trinajstić information content (AvgIpc) is 2.33. The summed E-state index contributed by atoms with van der Waals surface area (Å²) in [6.07, 6.45) is -0.876. The molecule has 0 spiro atoms. The van der Waals surface area contributed by atoms with Gasteiger partial charge >= 0.3 is 6.09 Å². The van der Waals surface area contributed by atoms with Crippen LogP contribution in [0.5, 0.6) is 0 Å². The highest BCUT2D eigenvalue weighted by Crippen LogP contribution is 2.19. The maximum absolute atomic E-state index is 13.7. The van der Waals surface area contributed by atoms with Crippen molar-refractivity contribution in [2.45, 2.75) is 38.8 Å². The fraction of sp³-hybridized carbons (Fsp3) is 0.533. The van der Waals surface area contributed by atoms with E-state index in [0.29, 0.717) is 15.6 Å². The number of hydrogen-bond acceptors (Lipinski definition) is 3. The van der Waals surface area contributed by atoms with Gasteiger partial charge in [-0.2, -0.15) is 0 Å². The molecule has 8 heteroatoms. The summed E-state index contributed by atoms with van der Waals surface area (Å²) in [5.74, 6) is -3.11. The highest BCUT2D eigenvalue weighted by atomic mass is 35.5. The first kappa shape index (κ1) is 19.9. The SMILES string of the molecule is CC(C)(C)OC(=O)NCC(F)(F)CNCc1cc(Cl)cc(Cl)c1. The lowest BCUT2D eigenvalue weighted by molar-refractivity contribution is -0.00376. The monoisotopic (exact) mass is 368 g/mol. The molecule has 2 N–H and O–H groups in total. The first-order valence-corrected chi connectivity index (χ1v) is 7.73. The molecule has 0 atom stereocenters. The van der Waals surface area contributed by atoms with Gasteiger partial charge in [-0.3, -0.25) is 0 Å². The van der Waals surface area contributed by atoms with Crippen molar-refractivity contribution in [2.24, 2.45) is 0 Å². The smallest absolute Gasteiger partial charge is 0.407 e. The molecule has 0 unspecified atom stereocenters. The van der Waals surface area contributed by atoms with Gasteiger partial charge in [-0.15, -0.1) is 0 Å². The largest absolute Gasteiger partial charge is 0.444 e. The number of hydrogen-bond donors (Lipinski definition) is 2. The third-order valence-electron chi connectivity index (χ3n) is 2.53. The summed E-state index contributed by atoms with van der Waals surface area (Å²) >= 11 is 11.7. The number of carbonyl (C=O) groups excluding carboxylic acids is 1. The zero-order valence-corrected chi connectivity index (χ0v) is 14.7. The second-order valence-corrected chi connectivity index (χ2v) is 6.97. The molecular formula is C15H20Cl2F2N2O2. The molecule has 1 aromatic rings. The maximum atomic E-state index is 13.7. The summed E-state index contributed by atoms with van der Waals surface area (Å²) in [6.45, 7) is 3.73. The number of alkyl carbamates (subject to hydrolysis) is 1. The van der Waals surface area contributed by atoms with Crippen molar-refractivity contribution in [3.63, 3.8) is 0 Å². The molecule has 0 saturated carbocycles. The van der Waals surface area contributed by atoms with E-state index in [4.69, 9.17) is 27.9 Å². The van der Waals surface area contributed by atoms with Crippen LogP contribution in [0.2, 0.25) is 10.0 Å². The van der Waals surface area contributed by atoms with E-state index in [2.05, 4.69) is 10.6 Å². The van der Waals surface area contributed by atoms with Gasteiger partial charge in [0.2, 0.25) is 0 Å². The van der Waals surface area contributed by atoms with Crippen LogP contribution in [0.1, 0.15) is 26.3 Å². The second-order valence-electron chi connectivity index (χ2n) is 6.09. The number of ether oxygens (including phenoxy) is 1. The van der Waals surface area contributed by atoms with E-state index in [1.807, 2.05) is 0 Å². The minimum absolute atomic E-state index is 0.183. The number of alkyl halides is 2. The van der Waals surface area contributed by atoms with Gasteiger partial charge in [-0.05, 0) is 44.5 Å². The molecule has 0 bridgehead atoms. The van der Waals surface area contributed by atoms with E-state index in [1.54, 1.807) is 39.0 Å². The molecule has 1 amide bonds. The predicted octanol–water partition coefficient (Wildman–Crippen LogP) is 4.24. The molecule has 0 aliphatic carbocycles. The fourth-order valence-electron chi connectivity index (χ4n) is 1.68. The molecule has 0 aliphatic rings. The molecule has 0 aromatic heterocycles. The number of amides is 1. The van der Waals surface area contributed by atoms with Crippen LogP contribution in [0, 0.1) is 0 Å². The lowest BCUT2D eigenvalue weighted by Crippen LogP contribution is -2.44. The second kappa shape index (κ2) is 8.13. The molecule has 0 radical (unpaired) electrons. The molecule has 1 rings (SSSR count). The van der Waals surface area contributed by atoms with Crippen LogP contribution in [0.15, 0.2) is 18.2 Å². The molecule has 1 aromatic carbocycles. The lowest BCUT2D eigenvalue weighted by Gasteiger charge is -2.22. The van der Waals surface area contributed by atoms with E-state index >= 15 is 0 Å². The van der Waals surface area contributed by atoms with Crippen molar-refractivity contribution in [3.05, 3.63) is 33.8 Å². The summed E-state index contributed by atoms with van der Waals surface area (Å²) in [5, 5.41) is 5.54. The number of carbonyl (C=O) groups is 1. The van der Waals surface area contributed by atoms with Crippen LogP contribution >= 0.6 is 23.2 Å². The van der Waals surface area contributed by atoms with Gasteiger partial charge in [-0.25, -0.2) is 13.6 Å². The minimum atomic E-state index is -3.11. The molecule has 0 fully saturated rings. The van der Waals surface area contributed by atoms with Crippen molar-refractivity contribution >= 4 is 29.3 Å². The number of rotatable bonds is 6. The Morgan fingerprint density at radius 1 is 1.13 bits per heavy atom. The van der Waals surface area contributed by atoms with Crippen LogP contribution in [-0.4, -0.2) is 30.7 Å². The summed E-state index contributed by atoms with van der Waals surface area (Å²) in [4.78, 5) is 11.4. The first-order chi connectivity index (χ1) is 10.5. The lowest BCUT2D eigenvalue weighted by atomic mass is 10.2. The zero-order chi connectivity index (χ0) is 17.7. The molecular weight excluding hydrogens is 349 g/mol. The van der Waals surface area contributed by atoms with Gasteiger partial charge in [0.25, 0.3) is 5.92 Å². The third kappa shape index (κ3) is 8.93. The summed E-state index contributed by atoms with van der Waals surface area (Å²) < 4.78 is 32.3. The van der Waals surface area contributed by atoms with E-state index in [9.17, 15) is 13.6 Å². The highest BCUT2D eigenvalue weighted by molar-refractivity contribution is 6.34. The number of nitrogens with one attached hydrogen (secondary N) is 2. The van der Waals surface area contributed by atoms with Gasteiger partial charge in [-0.1, -0.05) is 23.2 Å². The van der Waals surface area contributed by atoms with E-state index in [0.717, 1.165) is 0 Å². The highest BCUT2D eigenvalue weighted by Gasteiger charge is 2.30. The summed E-state index contributed by atoms with van der Waals surface area (Å²) in [7, 11) is 0. The molecule has 130 valence electrons. The maximum Gasteiger partial charge on any atom is 0.407 e. The van der Waals surface area contributed by atoms with Crippen LogP contribution in [-0.2, 0) is 11.3 Å². The van der Waals surface area contributed by atoms with E-state index < -0.39 is 30.7 Å². The van der Waals surface area contributed by atoms with Crippen molar-refractivity contribution in [1.29, 1.82) is 0 Å². The van der Waals surface area contributed by atoms with Crippen molar-refractivity contribution < 1.29 is 18.3 Å². The van der Waals surface area contributed by atoms with Crippen molar-refractivity contribution in [1.82, 2.24) is 10.6 Å². The van der Waals surface area contributed by atoms with Crippen molar-refractivity contribution in [3.8, 4) is 0 Å². The Bertz CT molecular complexity index is 529. The molecule has 0 heterocycles. The van der Waals surface area contributed by atoms with Crippen molar-refractivity contribution in [2.75, 3.05) is 13.1 Å². The van der Waals surface area contributed by atoms with Crippen LogP contribution in [0.3, 0.4) is 0 Å². The van der Waals surface area contributed by atoms with Gasteiger partial charge in [0.05, 0.1) is 13.1 Å². The molecule has 0 aliphatic heterocycles. The van der Waals surface area contributed by atoms with Crippen LogP contribution in [0.4, 0.5) is 13.6 Å². The van der Waals surface area contributed by atoms with Gasteiger partial charge in [0, 0.05) is 16.6 Å². The Labute approximate surface area is 144 Å². The summed E-state index contributed by atoms with van der Waals surface area (Å²) in [6, 6.07) is 4.83. The minimum Gasteiger partial charge on any atom is -0.444 e. The standard InChI is InChI=1S/C15H20Cl2F2N2O2/c1-14(2,3)23-13(22)21-9-15(18,19)8-20-7-10-4-11(16)6-12(17)5-10/h4-6,20H,7-9H2,1-3H3,(H,21,22). The van der Waals surface area contributed by atoms with Crippen LogP contribution in [0.25, 0.3) is 0 Å². The topological polar surface area (TPSA) is 50.4 Å². The van der Waals surface area contributed by atoms with Gasteiger partial charge < -0.3 is 15.4 Å². The molecule has 4 nitrogen and oxygen atoms in total. The number of benzene rings is 1. The Hall–Kier alpha value is -1.11. The third-order valence-corrected chi connectivity index (χ3v) is 2.96. The van der Waals surface area contributed by atoms with Crippen LogP contribution < -0.4 is 10.6 Å². The molecule has 0 saturated heterocycles. The first-order valence-electron chi connectivity index (χ1n) is 6.97. The Balaban J connectivity index is 2.39. The Kier molecular flexibility index (Phi) is 7.04. The Morgan fingerprint density at radius 2 is 1.70 bits per heavy atom. The molecule has 23 heavy (non-hydrogen) atoms. The fourth-order valence-corrected chi connectivity index (χ4v) is 2.25. The predicted molar refractivity (Wildman–Crippen MR) is 87.4 cm³/mol. The Morgan fingerprint density at radius 3 is 2.22 bits per heavy atom. The average molecular weight is 369 g/mol. The van der Waals surface area contributed by atoms with E-state index in [1.165, 1.54) is 0 Å². The van der Waals surface area contributed by atoms with E-state index in [-0.39, 0.29) is 6.54 Å². The van der Waals surface area contributed by atoms with Gasteiger partial charge in [0.15, 0.2) is 0 Å². The van der Waals surface area contributed by atoms with Gasteiger partial charge in [0.1, 0.15) is 5.60 Å². The quantitative estimate of drug-likeness (QED) is 0.789. The summed E-state index contributed by atoms with van der Waals surface area (Å²) in [5.41, 5.74) is -0.0397.